The third kappa shape index (κ3) is 23.9. The van der Waals surface area contributed by atoms with Gasteiger partial charge in [0.05, 0.1) is 19.3 Å². The van der Waals surface area contributed by atoms with Gasteiger partial charge in [0.2, 0.25) is 17.7 Å². The van der Waals surface area contributed by atoms with Gasteiger partial charge in [-0.05, 0) is 71.5 Å². The average Bonchev–Trinajstić information content (AvgIpc) is 2.96. The Balaban J connectivity index is 2.76. The molecule has 0 spiro atoms. The summed E-state index contributed by atoms with van der Waals surface area (Å²) in [7, 11) is 0. The van der Waals surface area contributed by atoms with Gasteiger partial charge in [-0.25, -0.2) is 0 Å². The Kier molecular flexibility index (Phi) is 23.3. The highest BCUT2D eigenvalue weighted by atomic mass is 16.2. The lowest BCUT2D eigenvalue weighted by Gasteiger charge is -2.15. The van der Waals surface area contributed by atoms with E-state index in [-0.39, 0.29) is 37.0 Å². The van der Waals surface area contributed by atoms with Crippen molar-refractivity contribution in [1.82, 2.24) is 16.0 Å². The second kappa shape index (κ2) is 25.6. The molecule has 0 radical (unpaired) electrons. The van der Waals surface area contributed by atoms with Crippen molar-refractivity contribution in [3.63, 3.8) is 0 Å². The first kappa shape index (κ1) is 43.7. The van der Waals surface area contributed by atoms with Crippen molar-refractivity contribution in [2.45, 2.75) is 159 Å². The van der Waals surface area contributed by atoms with Crippen LogP contribution in [-0.2, 0) is 33.6 Å². The highest BCUT2D eigenvalue weighted by Crippen LogP contribution is 2.18. The highest BCUT2D eigenvalue weighted by Gasteiger charge is 2.13. The van der Waals surface area contributed by atoms with Gasteiger partial charge in [-0.3, -0.25) is 14.4 Å². The number of carbonyl (C=O) groups excluding carboxylic acids is 3. The van der Waals surface area contributed by atoms with Gasteiger partial charge in [-0.1, -0.05) is 138 Å². The third-order valence-corrected chi connectivity index (χ3v) is 9.52. The topological polar surface area (TPSA) is 87.3 Å². The minimum atomic E-state index is -0.0145. The van der Waals surface area contributed by atoms with E-state index in [4.69, 9.17) is 0 Å². The Morgan fingerprint density at radius 3 is 0.896 bits per heavy atom. The fourth-order valence-corrected chi connectivity index (χ4v) is 6.32. The molecule has 0 saturated heterocycles. The number of hydrogen-bond donors (Lipinski definition) is 3. The maximum absolute atomic E-state index is 12.9. The van der Waals surface area contributed by atoms with E-state index in [9.17, 15) is 14.4 Å². The van der Waals surface area contributed by atoms with Crippen molar-refractivity contribution in [1.29, 1.82) is 0 Å². The smallest absolute Gasteiger partial charge is 0.224 e. The van der Waals surface area contributed by atoms with E-state index in [2.05, 4.69) is 78.3 Å². The van der Waals surface area contributed by atoms with Crippen molar-refractivity contribution < 1.29 is 14.4 Å². The molecule has 0 unspecified atom stereocenters. The van der Waals surface area contributed by atoms with Gasteiger partial charge in [0, 0.05) is 19.6 Å². The van der Waals surface area contributed by atoms with Crippen LogP contribution < -0.4 is 16.0 Å². The van der Waals surface area contributed by atoms with Crippen LogP contribution in [0.2, 0.25) is 0 Å². The standard InChI is InChI=1S/C42H75N3O3/c1-31(2)13-10-16-34(7)19-22-43-40(46)28-37-25-38(29-41(47)44-23-20-35(8)17-11-14-32(3)4)27-39(26-37)30-42(48)45-24-21-36(9)18-12-15-33(5)6/h25-27,31-36H,10-24,28-30H2,1-9H3,(H,43,46)(H,44,47)(H,45,48)/t34-,35-,36-/m0/s1. The molecule has 0 aliphatic rings. The van der Waals surface area contributed by atoms with Crippen molar-refractivity contribution in [3.05, 3.63) is 34.9 Å². The molecule has 48 heavy (non-hydrogen) atoms. The molecule has 1 rings (SSSR count). The van der Waals surface area contributed by atoms with Crippen molar-refractivity contribution in [2.24, 2.45) is 35.5 Å². The van der Waals surface area contributed by atoms with Gasteiger partial charge in [-0.15, -0.1) is 0 Å². The van der Waals surface area contributed by atoms with E-state index in [1.54, 1.807) is 0 Å². The first-order valence-electron chi connectivity index (χ1n) is 19.6. The van der Waals surface area contributed by atoms with Crippen LogP contribution in [0.5, 0.6) is 0 Å². The molecule has 0 aliphatic heterocycles. The van der Waals surface area contributed by atoms with E-state index in [0.29, 0.717) is 37.4 Å². The molecule has 0 aromatic heterocycles. The van der Waals surface area contributed by atoms with Gasteiger partial charge in [0.15, 0.2) is 0 Å². The normalized spacial score (nSPS) is 13.5. The fourth-order valence-electron chi connectivity index (χ4n) is 6.32. The lowest BCUT2D eigenvalue weighted by molar-refractivity contribution is -0.121. The lowest BCUT2D eigenvalue weighted by Crippen LogP contribution is -2.29. The Bertz CT molecular complexity index is 894. The monoisotopic (exact) mass is 670 g/mol. The predicted octanol–water partition coefficient (Wildman–Crippen LogP) is 9.22. The summed E-state index contributed by atoms with van der Waals surface area (Å²) in [5.41, 5.74) is 2.55. The van der Waals surface area contributed by atoms with Gasteiger partial charge < -0.3 is 16.0 Å². The number of carbonyl (C=O) groups is 3. The molecule has 0 bridgehead atoms. The molecular formula is C42H75N3O3. The molecule has 3 amide bonds. The zero-order chi connectivity index (χ0) is 35.9. The molecule has 0 aliphatic carbocycles. The fraction of sp³-hybridized carbons (Fsp3) is 0.786. The molecule has 0 heterocycles. The van der Waals surface area contributed by atoms with Crippen LogP contribution in [0.15, 0.2) is 18.2 Å². The molecular weight excluding hydrogens is 594 g/mol. The minimum Gasteiger partial charge on any atom is -0.356 e. The Morgan fingerprint density at radius 1 is 0.417 bits per heavy atom. The summed E-state index contributed by atoms with van der Waals surface area (Å²) in [6.45, 7) is 22.4. The molecule has 276 valence electrons. The maximum atomic E-state index is 12.9. The maximum Gasteiger partial charge on any atom is 0.224 e. The van der Waals surface area contributed by atoms with E-state index in [1.807, 2.05) is 18.2 Å². The summed E-state index contributed by atoms with van der Waals surface area (Å²) in [5, 5.41) is 9.31. The quantitative estimate of drug-likeness (QED) is 0.0873. The lowest BCUT2D eigenvalue weighted by atomic mass is 9.97. The number of benzene rings is 1. The van der Waals surface area contributed by atoms with E-state index in [1.165, 1.54) is 57.8 Å². The second-order valence-corrected chi connectivity index (χ2v) is 16.4. The Labute approximate surface area is 296 Å². The van der Waals surface area contributed by atoms with Crippen LogP contribution >= 0.6 is 0 Å². The van der Waals surface area contributed by atoms with E-state index in [0.717, 1.165) is 53.7 Å². The highest BCUT2D eigenvalue weighted by molar-refractivity contribution is 5.81. The molecule has 3 atom stereocenters. The van der Waals surface area contributed by atoms with Crippen LogP contribution in [0.3, 0.4) is 0 Å². The summed E-state index contributed by atoms with van der Waals surface area (Å²) >= 11 is 0. The first-order valence-corrected chi connectivity index (χ1v) is 19.6. The van der Waals surface area contributed by atoms with Crippen LogP contribution in [0.1, 0.15) is 156 Å². The van der Waals surface area contributed by atoms with Gasteiger partial charge in [0.25, 0.3) is 0 Å². The predicted molar refractivity (Wildman–Crippen MR) is 204 cm³/mol. The van der Waals surface area contributed by atoms with Gasteiger partial charge in [-0.2, -0.15) is 0 Å². The molecule has 3 N–H and O–H groups in total. The summed E-state index contributed by atoms with van der Waals surface area (Å²) in [6, 6.07) is 5.88. The Morgan fingerprint density at radius 2 is 0.667 bits per heavy atom. The molecule has 0 saturated carbocycles. The molecule has 6 nitrogen and oxygen atoms in total. The zero-order valence-corrected chi connectivity index (χ0v) is 32.6. The zero-order valence-electron chi connectivity index (χ0n) is 32.6. The molecule has 0 fully saturated rings. The summed E-state index contributed by atoms with van der Waals surface area (Å²) in [5.74, 6) is 3.91. The van der Waals surface area contributed by atoms with E-state index < -0.39 is 0 Å². The second-order valence-electron chi connectivity index (χ2n) is 16.4. The van der Waals surface area contributed by atoms with Crippen LogP contribution in [-0.4, -0.2) is 37.4 Å². The number of rotatable bonds is 27. The van der Waals surface area contributed by atoms with Crippen molar-refractivity contribution >= 4 is 17.7 Å². The number of nitrogens with one attached hydrogen (secondary N) is 3. The largest absolute Gasteiger partial charge is 0.356 e. The van der Waals surface area contributed by atoms with Crippen LogP contribution in [0, 0.1) is 35.5 Å². The van der Waals surface area contributed by atoms with E-state index >= 15 is 0 Å². The Hall–Kier alpha value is -2.37. The summed E-state index contributed by atoms with van der Waals surface area (Å²) < 4.78 is 0. The molecule has 1 aromatic carbocycles. The average molecular weight is 670 g/mol. The first-order chi connectivity index (χ1) is 22.7. The van der Waals surface area contributed by atoms with Gasteiger partial charge in [0.1, 0.15) is 0 Å². The molecule has 1 aromatic rings. The van der Waals surface area contributed by atoms with Crippen molar-refractivity contribution in [3.8, 4) is 0 Å². The minimum absolute atomic E-state index is 0.0145. The SMILES string of the molecule is CC(C)CCC[C@H](C)CCNC(=O)Cc1cc(CC(=O)NCC[C@@H](C)CCCC(C)C)cc(CC(=O)NCC[C@@H](C)CCCC(C)C)c1. The van der Waals surface area contributed by atoms with Crippen LogP contribution in [0.25, 0.3) is 0 Å². The van der Waals surface area contributed by atoms with Gasteiger partial charge >= 0.3 is 0 Å². The summed E-state index contributed by atoms with van der Waals surface area (Å²) in [6.07, 6.45) is 14.7. The van der Waals surface area contributed by atoms with Crippen LogP contribution in [0.4, 0.5) is 0 Å². The third-order valence-electron chi connectivity index (χ3n) is 9.52. The number of amides is 3. The number of hydrogen-bond acceptors (Lipinski definition) is 3. The van der Waals surface area contributed by atoms with Crippen molar-refractivity contribution in [2.75, 3.05) is 19.6 Å². The molecule has 6 heteroatoms. The summed E-state index contributed by atoms with van der Waals surface area (Å²) in [4.78, 5) is 38.8.